The zero-order chi connectivity index (χ0) is 12.3. The Morgan fingerprint density at radius 3 is 2.41 bits per heavy atom. The van der Waals surface area contributed by atoms with Gasteiger partial charge in [-0.1, -0.05) is 33.1 Å². The van der Waals surface area contributed by atoms with Crippen molar-refractivity contribution in [2.45, 2.75) is 71.3 Å². The maximum atomic E-state index is 12.6. The van der Waals surface area contributed by atoms with Gasteiger partial charge in [0.05, 0.1) is 0 Å². The Morgan fingerprint density at radius 2 is 1.76 bits per heavy atom. The Hall–Kier alpha value is -0.530. The predicted octanol–water partition coefficient (Wildman–Crippen LogP) is 3.60. The lowest BCUT2D eigenvalue weighted by Crippen LogP contribution is -2.41. The molecule has 1 aliphatic carbocycles. The number of likely N-dealkylation sites (tertiary alicyclic amines) is 1. The zero-order valence-corrected chi connectivity index (χ0v) is 11.5. The second-order valence-corrected chi connectivity index (χ2v) is 6.29. The van der Waals surface area contributed by atoms with Crippen molar-refractivity contribution in [3.63, 3.8) is 0 Å². The van der Waals surface area contributed by atoms with Gasteiger partial charge in [-0.3, -0.25) is 4.79 Å². The van der Waals surface area contributed by atoms with E-state index in [2.05, 4.69) is 18.7 Å². The summed E-state index contributed by atoms with van der Waals surface area (Å²) in [6.07, 6.45) is 9.82. The largest absolute Gasteiger partial charge is 0.339 e. The molecule has 98 valence electrons. The Morgan fingerprint density at radius 1 is 1.12 bits per heavy atom. The molecule has 2 nitrogen and oxygen atoms in total. The van der Waals surface area contributed by atoms with Gasteiger partial charge in [0, 0.05) is 18.5 Å². The summed E-state index contributed by atoms with van der Waals surface area (Å²) in [6, 6.07) is 0.579. The summed E-state index contributed by atoms with van der Waals surface area (Å²) in [7, 11) is 0. The molecule has 2 fully saturated rings. The first kappa shape index (κ1) is 12.9. The van der Waals surface area contributed by atoms with Crippen LogP contribution in [0, 0.1) is 11.8 Å². The van der Waals surface area contributed by atoms with Crippen LogP contribution < -0.4 is 0 Å². The molecule has 2 heteroatoms. The van der Waals surface area contributed by atoms with Gasteiger partial charge in [0.25, 0.3) is 0 Å². The summed E-state index contributed by atoms with van der Waals surface area (Å²) >= 11 is 0. The Bertz CT molecular complexity index is 256. The summed E-state index contributed by atoms with van der Waals surface area (Å²) in [5.41, 5.74) is 0. The topological polar surface area (TPSA) is 20.3 Å². The van der Waals surface area contributed by atoms with Crippen LogP contribution in [-0.2, 0) is 4.79 Å². The summed E-state index contributed by atoms with van der Waals surface area (Å²) in [4.78, 5) is 14.8. The summed E-state index contributed by atoms with van der Waals surface area (Å²) in [5, 5.41) is 0. The number of nitrogens with zero attached hydrogens (tertiary/aromatic N) is 1. The summed E-state index contributed by atoms with van der Waals surface area (Å²) < 4.78 is 0. The van der Waals surface area contributed by atoms with Crippen LogP contribution in [0.5, 0.6) is 0 Å². The third kappa shape index (κ3) is 3.23. The number of carbonyl (C=O) groups excluding carboxylic acids is 1. The highest BCUT2D eigenvalue weighted by atomic mass is 16.2. The molecule has 0 spiro atoms. The number of amides is 1. The number of carbonyl (C=O) groups is 1. The molecule has 0 bridgehead atoms. The highest BCUT2D eigenvalue weighted by Crippen LogP contribution is 2.30. The van der Waals surface area contributed by atoms with Crippen molar-refractivity contribution in [3.05, 3.63) is 0 Å². The lowest BCUT2D eigenvalue weighted by atomic mass is 9.92. The second-order valence-electron chi connectivity index (χ2n) is 6.29. The quantitative estimate of drug-likeness (QED) is 0.734. The van der Waals surface area contributed by atoms with Crippen LogP contribution >= 0.6 is 0 Å². The van der Waals surface area contributed by atoms with E-state index in [4.69, 9.17) is 0 Å². The third-order valence-electron chi connectivity index (χ3n) is 4.36. The summed E-state index contributed by atoms with van der Waals surface area (Å²) in [5.74, 6) is 1.44. The van der Waals surface area contributed by atoms with Gasteiger partial charge in [0.15, 0.2) is 0 Å². The molecule has 1 aliphatic heterocycles. The number of rotatable bonds is 3. The molecule has 1 saturated heterocycles. The third-order valence-corrected chi connectivity index (χ3v) is 4.36. The fraction of sp³-hybridized carbons (Fsp3) is 0.933. The lowest BCUT2D eigenvalue weighted by molar-refractivity contribution is -0.137. The normalized spacial score (nSPS) is 27.8. The first-order chi connectivity index (χ1) is 8.18. The van der Waals surface area contributed by atoms with Crippen LogP contribution in [0.25, 0.3) is 0 Å². The minimum atomic E-state index is 0.318. The van der Waals surface area contributed by atoms with Crippen molar-refractivity contribution in [1.29, 1.82) is 0 Å². The Labute approximate surface area is 106 Å². The molecule has 1 unspecified atom stereocenters. The van der Waals surface area contributed by atoms with E-state index in [-0.39, 0.29) is 0 Å². The smallest absolute Gasteiger partial charge is 0.225 e. The van der Waals surface area contributed by atoms with Gasteiger partial charge in [0.1, 0.15) is 0 Å². The molecule has 1 amide bonds. The van der Waals surface area contributed by atoms with E-state index in [9.17, 15) is 4.79 Å². The van der Waals surface area contributed by atoms with Crippen molar-refractivity contribution in [2.75, 3.05) is 6.54 Å². The monoisotopic (exact) mass is 237 g/mol. The van der Waals surface area contributed by atoms with Crippen LogP contribution in [0.2, 0.25) is 0 Å². The van der Waals surface area contributed by atoms with E-state index in [0.29, 0.717) is 23.8 Å². The zero-order valence-electron chi connectivity index (χ0n) is 11.5. The molecular weight excluding hydrogens is 210 g/mol. The molecule has 1 atom stereocenters. The molecule has 2 aliphatic rings. The first-order valence-corrected chi connectivity index (χ1v) is 7.49. The van der Waals surface area contributed by atoms with Gasteiger partial charge < -0.3 is 4.90 Å². The standard InChI is InChI=1S/C15H27NO/c1-12(2)11-13-7-5-6-10-16(15(13)17)14-8-3-4-9-14/h12-14H,3-11H2,1-2H3. The maximum absolute atomic E-state index is 12.6. The highest BCUT2D eigenvalue weighted by molar-refractivity contribution is 5.79. The fourth-order valence-corrected chi connectivity index (χ4v) is 3.51. The molecule has 1 heterocycles. The fourth-order valence-electron chi connectivity index (χ4n) is 3.51. The van der Waals surface area contributed by atoms with Crippen LogP contribution in [-0.4, -0.2) is 23.4 Å². The number of hydrogen-bond donors (Lipinski definition) is 0. The van der Waals surface area contributed by atoms with Gasteiger partial charge in [-0.25, -0.2) is 0 Å². The Balaban J connectivity index is 2.01. The van der Waals surface area contributed by atoms with Crippen molar-refractivity contribution in [3.8, 4) is 0 Å². The average Bonchev–Trinajstić information content (AvgIpc) is 2.74. The first-order valence-electron chi connectivity index (χ1n) is 7.49. The molecule has 0 radical (unpaired) electrons. The Kier molecular flexibility index (Phi) is 4.47. The average molecular weight is 237 g/mol. The van der Waals surface area contributed by atoms with Crippen LogP contribution in [0.15, 0.2) is 0 Å². The minimum Gasteiger partial charge on any atom is -0.339 e. The molecule has 0 aromatic carbocycles. The van der Waals surface area contributed by atoms with Gasteiger partial charge in [-0.15, -0.1) is 0 Å². The van der Waals surface area contributed by atoms with E-state index in [1.165, 1.54) is 38.5 Å². The van der Waals surface area contributed by atoms with E-state index in [0.717, 1.165) is 19.4 Å². The minimum absolute atomic E-state index is 0.318. The van der Waals surface area contributed by atoms with E-state index in [1.807, 2.05) is 0 Å². The van der Waals surface area contributed by atoms with Crippen LogP contribution in [0.1, 0.15) is 65.2 Å². The molecule has 0 aromatic rings. The van der Waals surface area contributed by atoms with E-state index >= 15 is 0 Å². The summed E-state index contributed by atoms with van der Waals surface area (Å²) in [6.45, 7) is 5.49. The van der Waals surface area contributed by atoms with Crippen molar-refractivity contribution >= 4 is 5.91 Å². The molecule has 1 saturated carbocycles. The van der Waals surface area contributed by atoms with Gasteiger partial charge >= 0.3 is 0 Å². The number of hydrogen-bond acceptors (Lipinski definition) is 1. The van der Waals surface area contributed by atoms with Crippen LogP contribution in [0.3, 0.4) is 0 Å². The molecule has 0 N–H and O–H groups in total. The van der Waals surface area contributed by atoms with Gasteiger partial charge in [0.2, 0.25) is 5.91 Å². The SMILES string of the molecule is CC(C)CC1CCCCN(C2CCCC2)C1=O. The highest BCUT2D eigenvalue weighted by Gasteiger charge is 2.32. The van der Waals surface area contributed by atoms with E-state index in [1.54, 1.807) is 0 Å². The second kappa shape index (κ2) is 5.88. The molecule has 17 heavy (non-hydrogen) atoms. The molecule has 0 aromatic heterocycles. The van der Waals surface area contributed by atoms with Crippen molar-refractivity contribution < 1.29 is 4.79 Å². The maximum Gasteiger partial charge on any atom is 0.225 e. The van der Waals surface area contributed by atoms with Crippen molar-refractivity contribution in [1.82, 2.24) is 4.90 Å². The van der Waals surface area contributed by atoms with Gasteiger partial charge in [-0.2, -0.15) is 0 Å². The van der Waals surface area contributed by atoms with E-state index < -0.39 is 0 Å². The van der Waals surface area contributed by atoms with Gasteiger partial charge in [-0.05, 0) is 38.0 Å². The predicted molar refractivity (Wildman–Crippen MR) is 70.8 cm³/mol. The van der Waals surface area contributed by atoms with Crippen LogP contribution in [0.4, 0.5) is 0 Å². The van der Waals surface area contributed by atoms with Crippen molar-refractivity contribution in [2.24, 2.45) is 11.8 Å². The lowest BCUT2D eigenvalue weighted by Gasteiger charge is -2.30. The molecular formula is C15H27NO. The molecule has 2 rings (SSSR count).